The minimum atomic E-state index is -3.17. The quantitative estimate of drug-likeness (QED) is 0.128. The van der Waals surface area contributed by atoms with E-state index in [9.17, 15) is 0 Å². The molecule has 2 nitrogen and oxygen atoms in total. The van der Waals surface area contributed by atoms with Crippen molar-refractivity contribution in [2.24, 2.45) is 0 Å². The van der Waals surface area contributed by atoms with Gasteiger partial charge < -0.3 is 9.13 Å². The van der Waals surface area contributed by atoms with Crippen LogP contribution in [0.3, 0.4) is 0 Å². The summed E-state index contributed by atoms with van der Waals surface area (Å²) in [6.45, 7) is 0. The summed E-state index contributed by atoms with van der Waals surface area (Å²) in [5.74, 6) is 0. The highest BCUT2D eigenvalue weighted by atomic mass is 31.2. The van der Waals surface area contributed by atoms with Gasteiger partial charge in [0.15, 0.2) is 7.14 Å². The summed E-state index contributed by atoms with van der Waals surface area (Å²) in [6.07, 6.45) is 0. The van der Waals surface area contributed by atoms with Gasteiger partial charge in [0, 0.05) is 37.9 Å². The summed E-state index contributed by atoms with van der Waals surface area (Å²) in [6, 6.07) is 78.5. The molecule has 0 spiro atoms. The molecule has 0 bridgehead atoms. The number of hydrogen-bond acceptors (Lipinski definition) is 1. The van der Waals surface area contributed by atoms with Crippen molar-refractivity contribution >= 4 is 88.0 Å². The van der Waals surface area contributed by atoms with Crippen molar-refractivity contribution < 1.29 is 4.57 Å². The van der Waals surface area contributed by atoms with Crippen molar-refractivity contribution in [3.8, 4) is 39.1 Å². The molecule has 0 N–H and O–H groups in total. The summed E-state index contributed by atoms with van der Waals surface area (Å²) < 4.78 is 18.2. The minimum Gasteiger partial charge on any atom is -0.309 e. The second-order valence-electron chi connectivity index (χ2n) is 16.3. The monoisotopic (exact) mass is 793 g/mol. The number of nitrogens with zero attached hydrogens (tertiary/aromatic N) is 1. The molecule has 2 heterocycles. The first-order chi connectivity index (χ1) is 30.1. The summed E-state index contributed by atoms with van der Waals surface area (Å²) in [4.78, 5) is 0. The van der Waals surface area contributed by atoms with Crippen LogP contribution in [0.4, 0.5) is 0 Å². The standard InChI is InChI=1S/C58H36NOP/c60-61(44-18-2-1-3-19-44)53-25-13-11-23-50(53)57-54(61)33-32-49-45-20-10-12-24-52(45)59(58(49)57)43-30-31-48-51(36-43)56(42-29-27-38-15-5-7-17-40(38)35-42)47-22-9-8-21-46(47)55(48)41-28-26-37-14-4-6-16-39(37)34-41/h1-36H. The van der Waals surface area contributed by atoms with Gasteiger partial charge >= 0.3 is 0 Å². The molecule has 1 aliphatic rings. The SMILES string of the molecule is O=P1(c2ccccc2)c2ccccc2-c2c1ccc1c3ccccc3n(-c3ccc4c(-c5ccc6ccccc6c5)c5ccccc5c(-c5ccc6ccccc6c5)c4c3)c21. The Morgan fingerprint density at radius 3 is 1.59 bits per heavy atom. The van der Waals surface area contributed by atoms with Crippen LogP contribution in [0.2, 0.25) is 0 Å². The van der Waals surface area contributed by atoms with E-state index in [4.69, 9.17) is 0 Å². The Bertz CT molecular complexity index is 3860. The molecular formula is C58H36NOP. The molecule has 12 aromatic rings. The highest BCUT2D eigenvalue weighted by Crippen LogP contribution is 2.55. The zero-order valence-corrected chi connectivity index (χ0v) is 34.0. The van der Waals surface area contributed by atoms with Crippen LogP contribution in [0, 0.1) is 0 Å². The molecule has 284 valence electrons. The predicted octanol–water partition coefficient (Wildman–Crippen LogP) is 14.4. The zero-order chi connectivity index (χ0) is 40.2. The average molecular weight is 794 g/mol. The van der Waals surface area contributed by atoms with Crippen molar-refractivity contribution in [3.63, 3.8) is 0 Å². The number of hydrogen-bond donors (Lipinski definition) is 0. The van der Waals surface area contributed by atoms with Crippen LogP contribution in [0.1, 0.15) is 0 Å². The molecule has 1 atom stereocenters. The van der Waals surface area contributed by atoms with Crippen molar-refractivity contribution in [2.75, 3.05) is 0 Å². The van der Waals surface area contributed by atoms with E-state index in [1.807, 2.05) is 36.4 Å². The second kappa shape index (κ2) is 13.0. The van der Waals surface area contributed by atoms with Gasteiger partial charge in [0.05, 0.1) is 11.0 Å². The van der Waals surface area contributed by atoms with E-state index in [1.165, 1.54) is 70.7 Å². The fraction of sp³-hybridized carbons (Fsp3) is 0. The molecule has 61 heavy (non-hydrogen) atoms. The number of fused-ring (bicyclic) bond motifs is 11. The highest BCUT2D eigenvalue weighted by molar-refractivity contribution is 7.86. The van der Waals surface area contributed by atoms with E-state index in [1.54, 1.807) is 0 Å². The largest absolute Gasteiger partial charge is 0.309 e. The molecule has 11 aromatic carbocycles. The van der Waals surface area contributed by atoms with Gasteiger partial charge in [-0.05, 0) is 107 Å². The summed E-state index contributed by atoms with van der Waals surface area (Å²) in [7, 11) is -3.17. The Morgan fingerprint density at radius 2 is 0.885 bits per heavy atom. The van der Waals surface area contributed by atoms with Crippen molar-refractivity contribution in [3.05, 3.63) is 218 Å². The Balaban J connectivity index is 1.17. The van der Waals surface area contributed by atoms with Crippen LogP contribution < -0.4 is 15.9 Å². The van der Waals surface area contributed by atoms with Crippen LogP contribution in [-0.4, -0.2) is 4.57 Å². The average Bonchev–Trinajstić information content (AvgIpc) is 3.80. The first-order valence-corrected chi connectivity index (χ1v) is 22.7. The van der Waals surface area contributed by atoms with Gasteiger partial charge in [0.25, 0.3) is 0 Å². The van der Waals surface area contributed by atoms with Gasteiger partial charge in [0.1, 0.15) is 0 Å². The summed E-state index contributed by atoms with van der Waals surface area (Å²) in [5, 5.41) is 14.7. The highest BCUT2D eigenvalue weighted by Gasteiger charge is 2.42. The molecule has 1 unspecified atom stereocenters. The van der Waals surface area contributed by atoms with E-state index in [2.05, 4.69) is 187 Å². The van der Waals surface area contributed by atoms with E-state index in [0.717, 1.165) is 49.1 Å². The van der Waals surface area contributed by atoms with Gasteiger partial charge in [-0.15, -0.1) is 0 Å². The Hall–Kier alpha value is -7.51. The Labute approximate surface area is 353 Å². The van der Waals surface area contributed by atoms with Gasteiger partial charge in [-0.2, -0.15) is 0 Å². The van der Waals surface area contributed by atoms with E-state index in [0.29, 0.717) is 0 Å². The molecule has 1 aliphatic heterocycles. The lowest BCUT2D eigenvalue weighted by Crippen LogP contribution is -2.20. The first kappa shape index (κ1) is 34.4. The first-order valence-electron chi connectivity index (χ1n) is 20.9. The molecule has 13 rings (SSSR count). The molecule has 0 saturated carbocycles. The number of aromatic nitrogens is 1. The lowest BCUT2D eigenvalue weighted by atomic mass is 9.85. The molecular weight excluding hydrogens is 758 g/mol. The maximum absolute atomic E-state index is 15.8. The fourth-order valence-corrected chi connectivity index (χ4v) is 13.5. The van der Waals surface area contributed by atoms with E-state index in [-0.39, 0.29) is 0 Å². The second-order valence-corrected chi connectivity index (χ2v) is 19.0. The third-order valence-electron chi connectivity index (χ3n) is 13.1. The van der Waals surface area contributed by atoms with Crippen LogP contribution >= 0.6 is 7.14 Å². The zero-order valence-electron chi connectivity index (χ0n) is 33.1. The minimum absolute atomic E-state index is 0.863. The Morgan fingerprint density at radius 1 is 0.344 bits per heavy atom. The molecule has 0 aliphatic carbocycles. The molecule has 0 amide bonds. The number of para-hydroxylation sites is 1. The van der Waals surface area contributed by atoms with Crippen molar-refractivity contribution in [1.29, 1.82) is 0 Å². The van der Waals surface area contributed by atoms with Gasteiger partial charge in [-0.3, -0.25) is 0 Å². The van der Waals surface area contributed by atoms with E-state index >= 15 is 4.57 Å². The van der Waals surface area contributed by atoms with Crippen LogP contribution in [0.15, 0.2) is 218 Å². The predicted molar refractivity (Wildman–Crippen MR) is 260 cm³/mol. The van der Waals surface area contributed by atoms with Crippen LogP contribution in [0.25, 0.3) is 104 Å². The molecule has 0 fully saturated rings. The number of benzene rings is 11. The molecule has 0 saturated heterocycles. The normalized spacial score (nSPS) is 14.7. The lowest BCUT2D eigenvalue weighted by Gasteiger charge is -2.20. The lowest BCUT2D eigenvalue weighted by molar-refractivity contribution is 0.593. The topological polar surface area (TPSA) is 22.0 Å². The fourth-order valence-electron chi connectivity index (χ4n) is 10.5. The number of rotatable bonds is 4. The third kappa shape index (κ3) is 4.89. The maximum atomic E-state index is 15.8. The molecule has 0 radical (unpaired) electrons. The van der Waals surface area contributed by atoms with E-state index < -0.39 is 7.14 Å². The van der Waals surface area contributed by atoms with Crippen LogP contribution in [-0.2, 0) is 4.57 Å². The van der Waals surface area contributed by atoms with Crippen molar-refractivity contribution in [2.45, 2.75) is 0 Å². The molecule has 3 heteroatoms. The third-order valence-corrected chi connectivity index (χ3v) is 16.3. The smallest absolute Gasteiger partial charge is 0.172 e. The molecule has 1 aromatic heterocycles. The summed E-state index contributed by atoms with van der Waals surface area (Å²) >= 11 is 0. The maximum Gasteiger partial charge on any atom is 0.172 e. The van der Waals surface area contributed by atoms with Crippen molar-refractivity contribution in [1.82, 2.24) is 4.57 Å². The van der Waals surface area contributed by atoms with Gasteiger partial charge in [-0.25, -0.2) is 0 Å². The summed E-state index contributed by atoms with van der Waals surface area (Å²) in [5.41, 5.74) is 10.2. The van der Waals surface area contributed by atoms with Gasteiger partial charge in [-0.1, -0.05) is 182 Å². The Kier molecular flexibility index (Phi) is 7.32. The van der Waals surface area contributed by atoms with Crippen LogP contribution in [0.5, 0.6) is 0 Å². The van der Waals surface area contributed by atoms with Gasteiger partial charge in [0.2, 0.25) is 0 Å².